The van der Waals surface area contributed by atoms with Crippen LogP contribution in [0.2, 0.25) is 5.02 Å². The molecule has 0 saturated heterocycles. The fourth-order valence-electron chi connectivity index (χ4n) is 0.934. The van der Waals surface area contributed by atoms with E-state index < -0.39 is 10.9 Å². The average molecular weight is 255 g/mol. The van der Waals surface area contributed by atoms with E-state index in [1.807, 2.05) is 0 Å². The maximum atomic E-state index is 11.0. The standard InChI is InChI=1S/C10H7ClN2O4/c1-2-17-9(14)4-3-7-5-12-6-8(10(7)11)13(15)16/h5-6H,2H2,1H3. The molecule has 0 aliphatic rings. The Morgan fingerprint density at radius 3 is 2.94 bits per heavy atom. The maximum absolute atomic E-state index is 11.0. The van der Waals surface area contributed by atoms with E-state index in [0.717, 1.165) is 6.20 Å². The number of nitrogens with zero attached hydrogens (tertiary/aromatic N) is 2. The van der Waals surface area contributed by atoms with Crippen molar-refractivity contribution in [3.63, 3.8) is 0 Å². The molecule has 1 aromatic heterocycles. The van der Waals surface area contributed by atoms with Crippen molar-refractivity contribution in [1.29, 1.82) is 0 Å². The minimum Gasteiger partial charge on any atom is -0.456 e. The van der Waals surface area contributed by atoms with Crippen LogP contribution < -0.4 is 0 Å². The molecule has 0 spiro atoms. The van der Waals surface area contributed by atoms with E-state index in [1.165, 1.54) is 6.20 Å². The summed E-state index contributed by atoms with van der Waals surface area (Å²) >= 11 is 5.73. The third-order valence-electron chi connectivity index (χ3n) is 1.63. The molecular weight excluding hydrogens is 248 g/mol. The summed E-state index contributed by atoms with van der Waals surface area (Å²) in [6.07, 6.45) is 2.25. The Morgan fingerprint density at radius 2 is 2.35 bits per heavy atom. The average Bonchev–Trinajstić information content (AvgIpc) is 2.27. The van der Waals surface area contributed by atoms with Crippen LogP contribution >= 0.6 is 11.6 Å². The van der Waals surface area contributed by atoms with Gasteiger partial charge in [-0.05, 0) is 6.92 Å². The van der Waals surface area contributed by atoms with Gasteiger partial charge in [-0.1, -0.05) is 17.5 Å². The summed E-state index contributed by atoms with van der Waals surface area (Å²) in [5.41, 5.74) is -0.253. The number of halogens is 1. The van der Waals surface area contributed by atoms with Crippen LogP contribution in [-0.2, 0) is 9.53 Å². The third-order valence-corrected chi connectivity index (χ3v) is 2.03. The summed E-state index contributed by atoms with van der Waals surface area (Å²) in [6, 6.07) is 0. The van der Waals surface area contributed by atoms with Gasteiger partial charge in [0.15, 0.2) is 0 Å². The fraction of sp³-hybridized carbons (Fsp3) is 0.200. The highest BCUT2D eigenvalue weighted by atomic mass is 35.5. The molecule has 0 N–H and O–H groups in total. The molecule has 0 unspecified atom stereocenters. The number of hydrogen-bond donors (Lipinski definition) is 0. The molecule has 0 saturated carbocycles. The van der Waals surface area contributed by atoms with Gasteiger partial charge in [0.1, 0.15) is 11.2 Å². The predicted octanol–water partition coefficient (Wildman–Crippen LogP) is 1.56. The highest BCUT2D eigenvalue weighted by Crippen LogP contribution is 2.25. The van der Waals surface area contributed by atoms with E-state index in [9.17, 15) is 14.9 Å². The lowest BCUT2D eigenvalue weighted by molar-refractivity contribution is -0.385. The normalized spacial score (nSPS) is 9.06. The van der Waals surface area contributed by atoms with Crippen molar-refractivity contribution in [2.24, 2.45) is 0 Å². The van der Waals surface area contributed by atoms with Crippen LogP contribution in [0.1, 0.15) is 12.5 Å². The molecule has 88 valence electrons. The number of rotatable bonds is 2. The quantitative estimate of drug-likeness (QED) is 0.346. The lowest BCUT2D eigenvalue weighted by Crippen LogP contribution is -2.00. The third kappa shape index (κ3) is 3.43. The Bertz CT molecular complexity index is 519. The van der Waals surface area contributed by atoms with E-state index in [4.69, 9.17) is 11.6 Å². The Balaban J connectivity index is 3.04. The number of esters is 1. The largest absolute Gasteiger partial charge is 0.456 e. The van der Waals surface area contributed by atoms with E-state index in [-0.39, 0.29) is 22.9 Å². The number of hydrogen-bond acceptors (Lipinski definition) is 5. The summed E-state index contributed by atoms with van der Waals surface area (Å²) < 4.78 is 4.57. The van der Waals surface area contributed by atoms with Crippen molar-refractivity contribution in [2.75, 3.05) is 6.61 Å². The number of nitro groups is 1. The van der Waals surface area contributed by atoms with Gasteiger partial charge in [0, 0.05) is 12.1 Å². The number of ether oxygens (including phenoxy) is 1. The second kappa shape index (κ2) is 5.82. The second-order valence-corrected chi connectivity index (χ2v) is 3.13. The number of aromatic nitrogens is 1. The second-order valence-electron chi connectivity index (χ2n) is 2.75. The Labute approximate surface area is 102 Å². The molecule has 1 rings (SSSR count). The van der Waals surface area contributed by atoms with Crippen molar-refractivity contribution in [3.8, 4) is 11.8 Å². The highest BCUT2D eigenvalue weighted by Gasteiger charge is 2.15. The van der Waals surface area contributed by atoms with Gasteiger partial charge in [-0.15, -0.1) is 0 Å². The van der Waals surface area contributed by atoms with Crippen molar-refractivity contribution in [1.82, 2.24) is 4.98 Å². The van der Waals surface area contributed by atoms with Crippen LogP contribution in [0.3, 0.4) is 0 Å². The van der Waals surface area contributed by atoms with Crippen LogP contribution in [0.25, 0.3) is 0 Å². The predicted molar refractivity (Wildman–Crippen MR) is 59.4 cm³/mol. The van der Waals surface area contributed by atoms with Gasteiger partial charge in [-0.2, -0.15) is 0 Å². The summed E-state index contributed by atoms with van der Waals surface area (Å²) in [4.78, 5) is 24.4. The monoisotopic (exact) mass is 254 g/mol. The summed E-state index contributed by atoms with van der Waals surface area (Å²) in [5, 5.41) is 10.4. The first-order valence-electron chi connectivity index (χ1n) is 4.53. The van der Waals surface area contributed by atoms with Crippen molar-refractivity contribution < 1.29 is 14.5 Å². The molecular formula is C10H7ClN2O4. The molecule has 0 bridgehead atoms. The lowest BCUT2D eigenvalue weighted by atomic mass is 10.2. The van der Waals surface area contributed by atoms with Crippen molar-refractivity contribution in [3.05, 3.63) is 33.1 Å². The number of carbonyl (C=O) groups is 1. The first-order chi connectivity index (χ1) is 8.06. The Morgan fingerprint density at radius 1 is 1.65 bits per heavy atom. The zero-order chi connectivity index (χ0) is 12.8. The molecule has 7 heteroatoms. The van der Waals surface area contributed by atoms with Crippen LogP contribution in [0.5, 0.6) is 0 Å². The zero-order valence-electron chi connectivity index (χ0n) is 8.77. The minimum atomic E-state index is -0.727. The molecule has 0 aliphatic carbocycles. The van der Waals surface area contributed by atoms with E-state index in [0.29, 0.717) is 0 Å². The summed E-state index contributed by atoms with van der Waals surface area (Å²) in [6.45, 7) is 1.84. The SMILES string of the molecule is CCOC(=O)C#Cc1cncc([N+](=O)[O-])c1Cl. The minimum absolute atomic E-state index is 0.105. The molecule has 1 heterocycles. The molecule has 6 nitrogen and oxygen atoms in total. The van der Waals surface area contributed by atoms with E-state index >= 15 is 0 Å². The van der Waals surface area contributed by atoms with Gasteiger partial charge in [-0.25, -0.2) is 4.79 Å². The van der Waals surface area contributed by atoms with Gasteiger partial charge >= 0.3 is 11.7 Å². The molecule has 1 aromatic rings. The smallest absolute Gasteiger partial charge is 0.384 e. The summed E-state index contributed by atoms with van der Waals surface area (Å²) in [7, 11) is 0. The molecule has 17 heavy (non-hydrogen) atoms. The summed E-state index contributed by atoms with van der Waals surface area (Å²) in [5.74, 6) is 3.79. The lowest BCUT2D eigenvalue weighted by Gasteiger charge is -1.96. The van der Waals surface area contributed by atoms with E-state index in [2.05, 4.69) is 21.6 Å². The fourth-order valence-corrected chi connectivity index (χ4v) is 1.15. The van der Waals surface area contributed by atoms with Gasteiger partial charge in [0.05, 0.1) is 17.1 Å². The van der Waals surface area contributed by atoms with Crippen molar-refractivity contribution in [2.45, 2.75) is 6.92 Å². The van der Waals surface area contributed by atoms with Crippen LogP contribution in [0, 0.1) is 22.0 Å². The first-order valence-corrected chi connectivity index (χ1v) is 4.90. The molecule has 0 aromatic carbocycles. The first kappa shape index (κ1) is 12.9. The molecule has 0 atom stereocenters. The topological polar surface area (TPSA) is 82.3 Å². The molecule has 0 fully saturated rings. The number of carbonyl (C=O) groups excluding carboxylic acids is 1. The maximum Gasteiger partial charge on any atom is 0.384 e. The van der Waals surface area contributed by atoms with Gasteiger partial charge in [0.25, 0.3) is 0 Å². The molecule has 0 radical (unpaired) electrons. The molecule has 0 amide bonds. The van der Waals surface area contributed by atoms with Crippen molar-refractivity contribution >= 4 is 23.3 Å². The van der Waals surface area contributed by atoms with Crippen LogP contribution in [0.4, 0.5) is 5.69 Å². The van der Waals surface area contributed by atoms with Gasteiger partial charge in [0.2, 0.25) is 0 Å². The Hall–Kier alpha value is -2.13. The van der Waals surface area contributed by atoms with E-state index in [1.54, 1.807) is 6.92 Å². The van der Waals surface area contributed by atoms with Gasteiger partial charge in [-0.3, -0.25) is 15.1 Å². The van der Waals surface area contributed by atoms with Crippen LogP contribution in [0.15, 0.2) is 12.4 Å². The zero-order valence-corrected chi connectivity index (χ0v) is 9.52. The molecule has 0 aliphatic heterocycles. The number of pyridine rings is 1. The highest BCUT2D eigenvalue weighted by molar-refractivity contribution is 6.33. The van der Waals surface area contributed by atoms with Gasteiger partial charge < -0.3 is 4.74 Å². The Kier molecular flexibility index (Phi) is 4.43. The van der Waals surface area contributed by atoms with Crippen LogP contribution in [-0.4, -0.2) is 22.5 Å².